The second-order valence-corrected chi connectivity index (χ2v) is 12.5. The maximum absolute atomic E-state index is 14.7. The van der Waals surface area contributed by atoms with Gasteiger partial charge in [-0.2, -0.15) is 0 Å². The van der Waals surface area contributed by atoms with Crippen molar-refractivity contribution in [3.63, 3.8) is 0 Å². The van der Waals surface area contributed by atoms with Crippen molar-refractivity contribution in [2.24, 2.45) is 0 Å². The van der Waals surface area contributed by atoms with Crippen molar-refractivity contribution < 1.29 is 30.7 Å². The number of fused-ring (bicyclic) bond motifs is 1. The molecule has 12 heteroatoms. The third-order valence-electron chi connectivity index (χ3n) is 4.73. The molecule has 0 atom stereocenters. The maximum Gasteiger partial charge on any atom is 0.229 e. The highest BCUT2D eigenvalue weighted by Gasteiger charge is 2.34. The lowest BCUT2D eigenvalue weighted by atomic mass is 10.1. The fourth-order valence-corrected chi connectivity index (χ4v) is 4.98. The summed E-state index contributed by atoms with van der Waals surface area (Å²) in [5.41, 5.74) is 0.854. The van der Waals surface area contributed by atoms with E-state index in [4.69, 9.17) is 9.47 Å². The van der Waals surface area contributed by atoms with E-state index in [2.05, 4.69) is 9.71 Å². The number of pyridine rings is 1. The SMILES string of the molecule is COc1cc2ncc(-c3cc(F)c(OC)c(NS(C)(=O)=O)c3)n2cc1S(=O)(=O)C(C)(C)C. The summed E-state index contributed by atoms with van der Waals surface area (Å²) in [7, 11) is -4.94. The van der Waals surface area contributed by atoms with Crippen LogP contribution in [0.5, 0.6) is 11.5 Å². The molecule has 0 radical (unpaired) electrons. The second kappa shape index (κ2) is 7.93. The highest BCUT2D eigenvalue weighted by atomic mass is 32.2. The standard InChI is InChI=1S/C20H24FN3O6S2/c1-20(2,3)32(27,28)17-11-24-15(10-22-18(24)9-16(17)29-4)12-7-13(21)19(30-5)14(8-12)23-31(6,25)26/h7-11,23H,1-6H3. The molecule has 0 unspecified atom stereocenters. The van der Waals surface area contributed by atoms with Crippen LogP contribution in [0.15, 0.2) is 35.5 Å². The topological polar surface area (TPSA) is 116 Å². The molecule has 1 aromatic carbocycles. The number of halogens is 1. The predicted molar refractivity (Wildman–Crippen MR) is 119 cm³/mol. The number of anilines is 1. The van der Waals surface area contributed by atoms with Crippen molar-refractivity contribution in [1.29, 1.82) is 0 Å². The minimum Gasteiger partial charge on any atom is -0.495 e. The van der Waals surface area contributed by atoms with Crippen molar-refractivity contribution >= 4 is 31.2 Å². The van der Waals surface area contributed by atoms with Crippen molar-refractivity contribution in [2.75, 3.05) is 25.2 Å². The number of benzene rings is 1. The van der Waals surface area contributed by atoms with Crippen LogP contribution in [0.3, 0.4) is 0 Å². The van der Waals surface area contributed by atoms with E-state index in [1.54, 1.807) is 20.8 Å². The zero-order chi connectivity index (χ0) is 24.1. The molecule has 0 spiro atoms. The Morgan fingerprint density at radius 2 is 1.72 bits per heavy atom. The smallest absolute Gasteiger partial charge is 0.229 e. The largest absolute Gasteiger partial charge is 0.495 e. The number of nitrogens with one attached hydrogen (secondary N) is 1. The molecule has 1 N–H and O–H groups in total. The summed E-state index contributed by atoms with van der Waals surface area (Å²) in [4.78, 5) is 4.21. The highest BCUT2D eigenvalue weighted by molar-refractivity contribution is 7.93. The van der Waals surface area contributed by atoms with Gasteiger partial charge in [-0.1, -0.05) is 0 Å². The molecule has 0 aliphatic carbocycles. The van der Waals surface area contributed by atoms with Gasteiger partial charge >= 0.3 is 0 Å². The van der Waals surface area contributed by atoms with E-state index in [9.17, 15) is 21.2 Å². The highest BCUT2D eigenvalue weighted by Crippen LogP contribution is 2.37. The molecule has 3 rings (SSSR count). The molecule has 0 bridgehead atoms. The Balaban J connectivity index is 2.31. The maximum atomic E-state index is 14.7. The summed E-state index contributed by atoms with van der Waals surface area (Å²) in [6.07, 6.45) is 3.72. The molecular formula is C20H24FN3O6S2. The fraction of sp³-hybridized carbons (Fsp3) is 0.350. The van der Waals surface area contributed by atoms with E-state index in [0.717, 1.165) is 12.3 Å². The quantitative estimate of drug-likeness (QED) is 0.570. The molecule has 174 valence electrons. The molecule has 0 fully saturated rings. The van der Waals surface area contributed by atoms with E-state index in [-0.39, 0.29) is 27.6 Å². The lowest BCUT2D eigenvalue weighted by Gasteiger charge is -2.21. The third-order valence-corrected chi connectivity index (χ3v) is 7.82. The van der Waals surface area contributed by atoms with Gasteiger partial charge in [0.25, 0.3) is 0 Å². The van der Waals surface area contributed by atoms with Crippen LogP contribution in [-0.2, 0) is 19.9 Å². The number of hydrogen-bond donors (Lipinski definition) is 1. The second-order valence-electron chi connectivity index (χ2n) is 8.11. The van der Waals surface area contributed by atoms with E-state index in [0.29, 0.717) is 11.3 Å². The number of sulfone groups is 1. The van der Waals surface area contributed by atoms with Gasteiger partial charge in [-0.25, -0.2) is 26.2 Å². The Labute approximate surface area is 186 Å². The first kappa shape index (κ1) is 23.8. The van der Waals surface area contributed by atoms with E-state index in [1.807, 2.05) is 0 Å². The summed E-state index contributed by atoms with van der Waals surface area (Å²) in [5.74, 6) is -0.947. The molecule has 2 aromatic heterocycles. The number of hydrogen-bond acceptors (Lipinski definition) is 7. The van der Waals surface area contributed by atoms with Gasteiger partial charge in [0.2, 0.25) is 10.0 Å². The van der Waals surface area contributed by atoms with Crippen molar-refractivity contribution in [2.45, 2.75) is 30.4 Å². The van der Waals surface area contributed by atoms with Crippen molar-refractivity contribution in [1.82, 2.24) is 9.38 Å². The average Bonchev–Trinajstić information content (AvgIpc) is 3.07. The molecule has 32 heavy (non-hydrogen) atoms. The molecule has 0 aliphatic heterocycles. The monoisotopic (exact) mass is 485 g/mol. The lowest BCUT2D eigenvalue weighted by Crippen LogP contribution is -2.28. The van der Waals surface area contributed by atoms with Crippen LogP contribution >= 0.6 is 0 Å². The predicted octanol–water partition coefficient (Wildman–Crippen LogP) is 3.10. The number of aromatic nitrogens is 2. The number of ether oxygens (including phenoxy) is 2. The van der Waals surface area contributed by atoms with Crippen LogP contribution in [0.2, 0.25) is 0 Å². The number of methoxy groups -OCH3 is 2. The minimum absolute atomic E-state index is 0.0530. The van der Waals surface area contributed by atoms with Crippen LogP contribution in [0.1, 0.15) is 20.8 Å². The Bertz CT molecular complexity index is 1410. The minimum atomic E-state index is -3.80. The van der Waals surface area contributed by atoms with Gasteiger partial charge in [-0.05, 0) is 32.9 Å². The Morgan fingerprint density at radius 3 is 2.25 bits per heavy atom. The summed E-state index contributed by atoms with van der Waals surface area (Å²) >= 11 is 0. The number of imidazole rings is 1. The zero-order valence-electron chi connectivity index (χ0n) is 18.4. The zero-order valence-corrected chi connectivity index (χ0v) is 20.1. The van der Waals surface area contributed by atoms with Crippen LogP contribution in [-0.4, -0.2) is 51.4 Å². The van der Waals surface area contributed by atoms with Crippen LogP contribution < -0.4 is 14.2 Å². The summed E-state index contributed by atoms with van der Waals surface area (Å²) in [5, 5.41) is 0. The molecule has 0 saturated heterocycles. The normalized spacial score (nSPS) is 12.7. The Morgan fingerprint density at radius 1 is 1.06 bits per heavy atom. The first-order valence-corrected chi connectivity index (χ1v) is 12.7. The number of nitrogens with zero attached hydrogens (tertiary/aromatic N) is 2. The molecule has 0 aliphatic rings. The van der Waals surface area contributed by atoms with Gasteiger partial charge in [-0.3, -0.25) is 9.12 Å². The van der Waals surface area contributed by atoms with Gasteiger partial charge in [0, 0.05) is 17.8 Å². The number of rotatable bonds is 6. The molecular weight excluding hydrogens is 461 g/mol. The van der Waals surface area contributed by atoms with E-state index in [1.165, 1.54) is 43.1 Å². The Hall–Kier alpha value is -2.86. The lowest BCUT2D eigenvalue weighted by molar-refractivity contribution is 0.389. The molecule has 9 nitrogen and oxygen atoms in total. The molecule has 2 heterocycles. The summed E-state index contributed by atoms with van der Waals surface area (Å²) in [6.45, 7) is 4.72. The fourth-order valence-electron chi connectivity index (χ4n) is 3.12. The first-order chi connectivity index (χ1) is 14.7. The molecule has 0 saturated carbocycles. The number of sulfonamides is 1. The van der Waals surface area contributed by atoms with Gasteiger partial charge in [0.1, 0.15) is 16.3 Å². The first-order valence-electron chi connectivity index (χ1n) is 9.35. The van der Waals surface area contributed by atoms with Crippen molar-refractivity contribution in [3.05, 3.63) is 36.4 Å². The van der Waals surface area contributed by atoms with E-state index < -0.39 is 30.4 Å². The molecule has 3 aromatic rings. The van der Waals surface area contributed by atoms with Gasteiger partial charge < -0.3 is 9.47 Å². The third kappa shape index (κ3) is 4.24. The molecule has 0 amide bonds. The van der Waals surface area contributed by atoms with Crippen LogP contribution in [0.4, 0.5) is 10.1 Å². The van der Waals surface area contributed by atoms with Gasteiger partial charge in [0.05, 0.1) is 42.8 Å². The van der Waals surface area contributed by atoms with Crippen LogP contribution in [0.25, 0.3) is 16.9 Å². The summed E-state index contributed by atoms with van der Waals surface area (Å²) < 4.78 is 77.3. The van der Waals surface area contributed by atoms with E-state index >= 15 is 0 Å². The summed E-state index contributed by atoms with van der Waals surface area (Å²) in [6, 6.07) is 4.00. The average molecular weight is 486 g/mol. The van der Waals surface area contributed by atoms with Crippen LogP contribution in [0, 0.1) is 5.82 Å². The van der Waals surface area contributed by atoms with Crippen molar-refractivity contribution in [3.8, 4) is 22.8 Å². The Kier molecular flexibility index (Phi) is 5.89. The van der Waals surface area contributed by atoms with Gasteiger partial charge in [0.15, 0.2) is 21.4 Å². The van der Waals surface area contributed by atoms with Gasteiger partial charge in [-0.15, -0.1) is 0 Å².